The van der Waals surface area contributed by atoms with Crippen LogP contribution < -0.4 is 24.4 Å². The lowest BCUT2D eigenvalue weighted by Gasteiger charge is -2.15. The molecular weight excluding hydrogens is 544 g/mol. The molecule has 1 saturated heterocycles. The number of hydrogen-bond donors (Lipinski definition) is 1. The van der Waals surface area contributed by atoms with Crippen LogP contribution in [-0.4, -0.2) is 36.0 Å². The maximum atomic E-state index is 13.2. The Balaban J connectivity index is 1.47. The van der Waals surface area contributed by atoms with E-state index in [9.17, 15) is 9.59 Å². The molecule has 3 aromatic rings. The predicted octanol–water partition coefficient (Wildman–Crippen LogP) is 6.83. The van der Waals surface area contributed by atoms with Gasteiger partial charge in [-0.15, -0.1) is 0 Å². The zero-order valence-corrected chi connectivity index (χ0v) is 24.8. The summed E-state index contributed by atoms with van der Waals surface area (Å²) < 4.78 is 17.6. The Labute approximate surface area is 244 Å². The van der Waals surface area contributed by atoms with Gasteiger partial charge in [0.2, 0.25) is 0 Å². The molecule has 0 saturated carbocycles. The number of rotatable bonds is 10. The maximum absolute atomic E-state index is 13.2. The highest BCUT2D eigenvalue weighted by Crippen LogP contribution is 2.38. The van der Waals surface area contributed by atoms with Gasteiger partial charge in [-0.3, -0.25) is 14.5 Å². The fourth-order valence-electron chi connectivity index (χ4n) is 4.40. The Kier molecular flexibility index (Phi) is 9.50. The maximum Gasteiger partial charge on any atom is 0.270 e. The van der Waals surface area contributed by atoms with Gasteiger partial charge in [0.05, 0.1) is 23.8 Å². The van der Waals surface area contributed by atoms with Crippen molar-refractivity contribution in [1.82, 2.24) is 0 Å². The van der Waals surface area contributed by atoms with E-state index in [2.05, 4.69) is 5.32 Å². The number of ether oxygens (including phenoxy) is 3. The number of carbonyl (C=O) groups is 2. The quantitative estimate of drug-likeness (QED) is 0.209. The van der Waals surface area contributed by atoms with Crippen LogP contribution in [0.5, 0.6) is 17.2 Å². The van der Waals surface area contributed by atoms with Gasteiger partial charge < -0.3 is 19.5 Å². The lowest BCUT2D eigenvalue weighted by molar-refractivity contribution is -0.118. The summed E-state index contributed by atoms with van der Waals surface area (Å²) in [5, 5.41) is 2.94. The van der Waals surface area contributed by atoms with Crippen LogP contribution in [-0.2, 0) is 9.59 Å². The van der Waals surface area contributed by atoms with Gasteiger partial charge in [0.15, 0.2) is 22.4 Å². The number of hydrogen-bond acceptors (Lipinski definition) is 7. The molecular formula is C31H32N2O5S2. The first kappa shape index (κ1) is 29.2. The first-order valence-electron chi connectivity index (χ1n) is 13.0. The summed E-state index contributed by atoms with van der Waals surface area (Å²) in [6.45, 7) is 10.5. The van der Waals surface area contributed by atoms with Crippen molar-refractivity contribution in [2.45, 2.75) is 34.6 Å². The molecule has 0 radical (unpaired) electrons. The third-order valence-corrected chi connectivity index (χ3v) is 7.37. The molecule has 9 heteroatoms. The molecule has 0 aliphatic carbocycles. The van der Waals surface area contributed by atoms with Crippen LogP contribution >= 0.6 is 24.0 Å². The Morgan fingerprint density at radius 2 is 1.60 bits per heavy atom. The van der Waals surface area contributed by atoms with Crippen LogP contribution in [0.1, 0.15) is 36.1 Å². The van der Waals surface area contributed by atoms with E-state index in [1.165, 1.54) is 16.7 Å². The minimum absolute atomic E-state index is 0.174. The third kappa shape index (κ3) is 6.84. The Hall–Kier alpha value is -3.82. The summed E-state index contributed by atoms with van der Waals surface area (Å²) in [5.74, 6) is 1.19. The number of anilines is 2. The number of benzene rings is 3. The van der Waals surface area contributed by atoms with E-state index >= 15 is 0 Å². The van der Waals surface area contributed by atoms with Gasteiger partial charge in [0, 0.05) is 5.69 Å². The van der Waals surface area contributed by atoms with Crippen LogP contribution in [0.4, 0.5) is 11.4 Å². The molecule has 0 aromatic heterocycles. The van der Waals surface area contributed by atoms with E-state index in [0.29, 0.717) is 39.6 Å². The van der Waals surface area contributed by atoms with Gasteiger partial charge in [-0.1, -0.05) is 47.7 Å². The summed E-state index contributed by atoms with van der Waals surface area (Å²) in [7, 11) is 0. The normalized spacial score (nSPS) is 14.0. The molecule has 1 aliphatic rings. The zero-order chi connectivity index (χ0) is 28.8. The van der Waals surface area contributed by atoms with Crippen molar-refractivity contribution in [3.05, 3.63) is 81.8 Å². The van der Waals surface area contributed by atoms with Crippen LogP contribution in [0, 0.1) is 20.8 Å². The third-order valence-electron chi connectivity index (χ3n) is 6.07. The minimum Gasteiger partial charge on any atom is -0.494 e. The summed E-state index contributed by atoms with van der Waals surface area (Å²) in [5.41, 5.74) is 5.36. The molecule has 4 rings (SSSR count). The van der Waals surface area contributed by atoms with E-state index in [-0.39, 0.29) is 18.4 Å². The van der Waals surface area contributed by atoms with Gasteiger partial charge >= 0.3 is 0 Å². The number of thiocarbonyl (C=S) groups is 1. The largest absolute Gasteiger partial charge is 0.494 e. The highest BCUT2D eigenvalue weighted by Gasteiger charge is 2.33. The van der Waals surface area contributed by atoms with Crippen LogP contribution in [0.25, 0.3) is 6.08 Å². The molecule has 1 aliphatic heterocycles. The van der Waals surface area contributed by atoms with Gasteiger partial charge in [0.25, 0.3) is 11.8 Å². The number of carbonyl (C=O) groups excluding carboxylic acids is 2. The molecule has 1 fully saturated rings. The van der Waals surface area contributed by atoms with Crippen molar-refractivity contribution in [1.29, 1.82) is 0 Å². The number of aryl methyl sites for hydroxylation is 3. The van der Waals surface area contributed by atoms with E-state index in [0.717, 1.165) is 33.7 Å². The molecule has 1 heterocycles. The first-order valence-corrected chi connectivity index (χ1v) is 14.2. The second-order valence-electron chi connectivity index (χ2n) is 9.19. The number of nitrogens with one attached hydrogen (secondary N) is 1. The fraction of sp³-hybridized carbons (Fsp3) is 0.258. The molecule has 3 aromatic carbocycles. The summed E-state index contributed by atoms with van der Waals surface area (Å²) in [6, 6.07) is 16.7. The van der Waals surface area contributed by atoms with Crippen LogP contribution in [0.2, 0.25) is 0 Å². The second kappa shape index (κ2) is 13.0. The summed E-state index contributed by atoms with van der Waals surface area (Å²) in [6.07, 6.45) is 1.77. The standard InChI is InChI=1S/C31H32N2O5S2/c1-6-36-24-11-9-23(10-12-24)33-30(35)27(40-31(33)39)17-22-8-13-25(26(16-22)37-7-2)38-18-28(34)32-29-20(4)14-19(3)15-21(29)5/h8-17H,6-7,18H2,1-5H3,(H,32,34)/b27-17-. The smallest absolute Gasteiger partial charge is 0.270 e. The highest BCUT2D eigenvalue weighted by molar-refractivity contribution is 8.27. The average Bonchev–Trinajstić information content (AvgIpc) is 3.19. The van der Waals surface area contributed by atoms with E-state index in [1.54, 1.807) is 18.2 Å². The summed E-state index contributed by atoms with van der Waals surface area (Å²) >= 11 is 6.75. The molecule has 7 nitrogen and oxygen atoms in total. The fourth-order valence-corrected chi connectivity index (χ4v) is 5.70. The van der Waals surface area contributed by atoms with Crippen LogP contribution in [0.15, 0.2) is 59.5 Å². The SMILES string of the molecule is CCOc1ccc(N2C(=O)/C(=C/c3ccc(OCC(=O)Nc4c(C)cc(C)cc4C)c(OCC)c3)SC2=S)cc1. The van der Waals surface area contributed by atoms with Gasteiger partial charge in [-0.2, -0.15) is 0 Å². The highest BCUT2D eigenvalue weighted by atomic mass is 32.2. The first-order chi connectivity index (χ1) is 19.2. The number of nitrogens with zero attached hydrogens (tertiary/aromatic N) is 1. The number of thioether (sulfide) groups is 1. The topological polar surface area (TPSA) is 77.1 Å². The molecule has 2 amide bonds. The molecule has 1 N–H and O–H groups in total. The minimum atomic E-state index is -0.264. The van der Waals surface area contributed by atoms with Crippen molar-refractivity contribution in [3.8, 4) is 17.2 Å². The predicted molar refractivity (Wildman–Crippen MR) is 166 cm³/mol. The molecule has 40 heavy (non-hydrogen) atoms. The molecule has 208 valence electrons. The molecule has 0 spiro atoms. The lowest BCUT2D eigenvalue weighted by Crippen LogP contribution is -2.27. The molecule has 0 bridgehead atoms. The Morgan fingerprint density at radius 1 is 0.925 bits per heavy atom. The van der Waals surface area contributed by atoms with Crippen molar-refractivity contribution in [2.75, 3.05) is 30.0 Å². The van der Waals surface area contributed by atoms with Crippen LogP contribution in [0.3, 0.4) is 0 Å². The van der Waals surface area contributed by atoms with E-state index in [1.807, 2.05) is 77.1 Å². The average molecular weight is 577 g/mol. The Morgan fingerprint density at radius 3 is 2.25 bits per heavy atom. The molecule has 0 atom stereocenters. The van der Waals surface area contributed by atoms with Gasteiger partial charge in [-0.05, 0) is 93.8 Å². The van der Waals surface area contributed by atoms with Crippen molar-refractivity contribution in [3.63, 3.8) is 0 Å². The Bertz CT molecular complexity index is 1440. The zero-order valence-electron chi connectivity index (χ0n) is 23.2. The monoisotopic (exact) mass is 576 g/mol. The summed E-state index contributed by atoms with van der Waals surface area (Å²) in [4.78, 5) is 27.9. The van der Waals surface area contributed by atoms with Crippen molar-refractivity contribution < 1.29 is 23.8 Å². The molecule has 0 unspecified atom stereocenters. The van der Waals surface area contributed by atoms with Gasteiger partial charge in [-0.25, -0.2) is 0 Å². The van der Waals surface area contributed by atoms with Gasteiger partial charge in [0.1, 0.15) is 5.75 Å². The van der Waals surface area contributed by atoms with E-state index in [4.69, 9.17) is 26.4 Å². The lowest BCUT2D eigenvalue weighted by atomic mass is 10.1. The number of amides is 2. The second-order valence-corrected chi connectivity index (χ2v) is 10.9. The van der Waals surface area contributed by atoms with Crippen molar-refractivity contribution >= 4 is 57.6 Å². The van der Waals surface area contributed by atoms with Crippen molar-refractivity contribution in [2.24, 2.45) is 0 Å². The van der Waals surface area contributed by atoms with E-state index < -0.39 is 0 Å².